The molecule has 0 aromatic carbocycles. The summed E-state index contributed by atoms with van der Waals surface area (Å²) < 4.78 is 2.91. The summed E-state index contributed by atoms with van der Waals surface area (Å²) in [4.78, 5) is 0. The van der Waals surface area contributed by atoms with Crippen molar-refractivity contribution in [2.24, 2.45) is 0 Å². The lowest BCUT2D eigenvalue weighted by molar-refractivity contribution is 0.645. The van der Waals surface area contributed by atoms with E-state index in [0.29, 0.717) is 0 Å². The van der Waals surface area contributed by atoms with Crippen molar-refractivity contribution in [2.45, 2.75) is 65.0 Å². The molecule has 0 unspecified atom stereocenters. The quantitative estimate of drug-likeness (QED) is 0.667. The Morgan fingerprint density at radius 1 is 0.667 bits per heavy atom. The Balaban J connectivity index is 4.56. The second kappa shape index (κ2) is 4.86. The van der Waals surface area contributed by atoms with E-state index in [4.69, 9.17) is 0 Å². The highest BCUT2D eigenvalue weighted by Crippen LogP contribution is 2.22. The monoisotopic (exact) mass is 261 g/mol. The molecule has 0 spiro atoms. The molecule has 0 fully saturated rings. The van der Waals surface area contributed by atoms with Crippen molar-refractivity contribution in [1.82, 2.24) is 4.23 Å². The Labute approximate surface area is 100 Å². The molecule has 0 atom stereocenters. The molecule has 0 rings (SSSR count). The average Bonchev–Trinajstić information content (AvgIpc) is 1.75. The first-order chi connectivity index (χ1) is 6.34. The van der Waals surface area contributed by atoms with Crippen LogP contribution in [-0.4, -0.2) is 35.3 Å². The summed E-state index contributed by atoms with van der Waals surface area (Å²) in [6, 6.07) is 1.46. The first-order valence-electron chi connectivity index (χ1n) is 6.12. The highest BCUT2D eigenvalue weighted by molar-refractivity contribution is 6.89. The molecule has 1 nitrogen and oxygen atoms in total. The van der Waals surface area contributed by atoms with Gasteiger partial charge in [-0.2, -0.15) is 0 Å². The molecule has 15 heavy (non-hydrogen) atoms. The van der Waals surface area contributed by atoms with E-state index in [1.54, 1.807) is 0 Å². The van der Waals surface area contributed by atoms with Gasteiger partial charge < -0.3 is 4.23 Å². The molecule has 4 heteroatoms. The standard InChI is InChI=1S/C11H31NSi3/c1-13(2,3)11-10-12(14(4,5)6)15(7,8)9/h10-11H2,1-9H3. The van der Waals surface area contributed by atoms with E-state index in [-0.39, 0.29) is 0 Å². The van der Waals surface area contributed by atoms with E-state index in [0.717, 1.165) is 0 Å². The summed E-state index contributed by atoms with van der Waals surface area (Å²) in [7, 11) is -3.08. The van der Waals surface area contributed by atoms with Crippen LogP contribution in [0.3, 0.4) is 0 Å². The number of hydrogen-bond donors (Lipinski definition) is 0. The Bertz CT molecular complexity index is 181. The molecule has 0 heterocycles. The van der Waals surface area contributed by atoms with E-state index < -0.39 is 24.5 Å². The third-order valence-electron chi connectivity index (χ3n) is 2.70. The SMILES string of the molecule is C[Si](C)(C)CCN([Si](C)(C)C)[Si](C)(C)C. The van der Waals surface area contributed by atoms with Crippen LogP contribution in [0.1, 0.15) is 0 Å². The van der Waals surface area contributed by atoms with Gasteiger partial charge in [0, 0.05) is 8.07 Å². The van der Waals surface area contributed by atoms with Gasteiger partial charge in [-0.15, -0.1) is 0 Å². The van der Waals surface area contributed by atoms with Gasteiger partial charge in [-0.05, 0) is 12.6 Å². The molecule has 0 saturated carbocycles. The molecule has 0 aliphatic rings. The zero-order valence-electron chi connectivity index (χ0n) is 12.4. The Morgan fingerprint density at radius 3 is 1.20 bits per heavy atom. The molecule has 0 aliphatic heterocycles. The lowest BCUT2D eigenvalue weighted by atomic mass is 10.8. The van der Waals surface area contributed by atoms with Gasteiger partial charge >= 0.3 is 0 Å². The van der Waals surface area contributed by atoms with Crippen molar-refractivity contribution in [3.8, 4) is 0 Å². The molecule has 0 amide bonds. The van der Waals surface area contributed by atoms with Gasteiger partial charge in [-0.3, -0.25) is 0 Å². The summed E-state index contributed by atoms with van der Waals surface area (Å²) in [6.45, 7) is 23.8. The molecule has 0 bridgehead atoms. The van der Waals surface area contributed by atoms with E-state index in [1.165, 1.54) is 12.6 Å². The van der Waals surface area contributed by atoms with Crippen LogP contribution < -0.4 is 0 Å². The highest BCUT2D eigenvalue weighted by atomic mass is 28.4. The Hall–Kier alpha value is 0.611. The zero-order valence-corrected chi connectivity index (χ0v) is 15.4. The minimum atomic E-state index is -1.10. The smallest absolute Gasteiger partial charge is 0.112 e. The highest BCUT2D eigenvalue weighted by Gasteiger charge is 2.34. The minimum absolute atomic E-state index is 0.875. The first kappa shape index (κ1) is 15.6. The molecule has 92 valence electrons. The molecule has 0 aromatic rings. The molecule has 0 saturated heterocycles. The normalized spacial score (nSPS) is 14.8. The second-order valence-corrected chi connectivity index (χ2v) is 23.6. The fourth-order valence-electron chi connectivity index (χ4n) is 2.12. The van der Waals surface area contributed by atoms with E-state index in [9.17, 15) is 0 Å². The maximum atomic E-state index is 2.91. The predicted octanol–water partition coefficient (Wildman–Crippen LogP) is 4.30. The van der Waals surface area contributed by atoms with Gasteiger partial charge in [0.2, 0.25) is 0 Å². The van der Waals surface area contributed by atoms with E-state index >= 15 is 0 Å². The van der Waals surface area contributed by atoms with Crippen molar-refractivity contribution >= 4 is 24.5 Å². The maximum absolute atomic E-state index is 2.91. The molecular weight excluding hydrogens is 230 g/mol. The summed E-state index contributed by atoms with van der Waals surface area (Å²) in [6.07, 6.45) is 0. The number of nitrogens with zero attached hydrogens (tertiary/aromatic N) is 1. The lowest BCUT2D eigenvalue weighted by Crippen LogP contribution is -2.59. The third-order valence-corrected chi connectivity index (χ3v) is 12.1. The van der Waals surface area contributed by atoms with Gasteiger partial charge in [0.25, 0.3) is 0 Å². The summed E-state index contributed by atoms with van der Waals surface area (Å²) in [5.74, 6) is 0. The summed E-state index contributed by atoms with van der Waals surface area (Å²) in [5.41, 5.74) is 0. The average molecular weight is 262 g/mol. The molecular formula is C11H31NSi3. The van der Waals surface area contributed by atoms with Crippen LogP contribution >= 0.6 is 0 Å². The lowest BCUT2D eigenvalue weighted by Gasteiger charge is -2.44. The largest absolute Gasteiger partial charge is 0.346 e. The second-order valence-electron chi connectivity index (χ2n) is 7.80. The van der Waals surface area contributed by atoms with Crippen molar-refractivity contribution < 1.29 is 0 Å². The van der Waals surface area contributed by atoms with Gasteiger partial charge in [-0.25, -0.2) is 0 Å². The van der Waals surface area contributed by atoms with Crippen molar-refractivity contribution in [1.29, 1.82) is 0 Å². The van der Waals surface area contributed by atoms with Crippen LogP contribution in [-0.2, 0) is 0 Å². The van der Waals surface area contributed by atoms with Crippen LogP contribution in [0.4, 0.5) is 0 Å². The minimum Gasteiger partial charge on any atom is -0.346 e. The van der Waals surface area contributed by atoms with Crippen molar-refractivity contribution in [3.63, 3.8) is 0 Å². The maximum Gasteiger partial charge on any atom is 0.112 e. The van der Waals surface area contributed by atoms with Crippen LogP contribution in [0.5, 0.6) is 0 Å². The Kier molecular flexibility index (Phi) is 5.05. The molecule has 0 radical (unpaired) electrons. The predicted molar refractivity (Wildman–Crippen MR) is 81.6 cm³/mol. The fourth-order valence-corrected chi connectivity index (χ4v) is 13.1. The van der Waals surface area contributed by atoms with Crippen LogP contribution in [0.25, 0.3) is 0 Å². The molecule has 0 aliphatic carbocycles. The molecule has 0 aromatic heterocycles. The van der Waals surface area contributed by atoms with Crippen LogP contribution in [0, 0.1) is 0 Å². The molecule has 0 N–H and O–H groups in total. The van der Waals surface area contributed by atoms with Gasteiger partial charge in [-0.1, -0.05) is 58.9 Å². The van der Waals surface area contributed by atoms with Crippen LogP contribution in [0.15, 0.2) is 0 Å². The van der Waals surface area contributed by atoms with Gasteiger partial charge in [0.15, 0.2) is 0 Å². The number of hydrogen-bond acceptors (Lipinski definition) is 1. The van der Waals surface area contributed by atoms with Gasteiger partial charge in [0.05, 0.1) is 0 Å². The summed E-state index contributed by atoms with van der Waals surface area (Å²) >= 11 is 0. The fraction of sp³-hybridized carbons (Fsp3) is 1.00. The van der Waals surface area contributed by atoms with E-state index in [2.05, 4.69) is 63.2 Å². The Morgan fingerprint density at radius 2 is 1.00 bits per heavy atom. The van der Waals surface area contributed by atoms with Crippen molar-refractivity contribution in [2.75, 3.05) is 6.54 Å². The third kappa shape index (κ3) is 6.71. The van der Waals surface area contributed by atoms with Crippen molar-refractivity contribution in [3.05, 3.63) is 0 Å². The summed E-state index contributed by atoms with van der Waals surface area (Å²) in [5, 5.41) is 0. The topological polar surface area (TPSA) is 3.24 Å². The van der Waals surface area contributed by atoms with Crippen LogP contribution in [0.2, 0.25) is 65.0 Å². The van der Waals surface area contributed by atoms with Gasteiger partial charge in [0.1, 0.15) is 16.5 Å². The number of rotatable bonds is 5. The first-order valence-corrected chi connectivity index (χ1v) is 16.7. The zero-order chi connectivity index (χ0) is 12.5. The van der Waals surface area contributed by atoms with E-state index in [1.807, 2.05) is 0 Å².